The van der Waals surface area contributed by atoms with E-state index < -0.39 is 0 Å². The van der Waals surface area contributed by atoms with Gasteiger partial charge in [-0.15, -0.1) is 0 Å². The molecular formula is C21H14O. The van der Waals surface area contributed by atoms with Gasteiger partial charge in [-0.1, -0.05) is 48.5 Å². The highest BCUT2D eigenvalue weighted by atomic mass is 16.5. The molecule has 0 aliphatic heterocycles. The summed E-state index contributed by atoms with van der Waals surface area (Å²) in [6.07, 6.45) is 0. The van der Waals surface area contributed by atoms with Crippen molar-refractivity contribution in [3.8, 4) is 28.0 Å². The lowest BCUT2D eigenvalue weighted by Gasteiger charge is -2.07. The van der Waals surface area contributed by atoms with E-state index in [1.165, 1.54) is 43.8 Å². The van der Waals surface area contributed by atoms with Gasteiger partial charge in [0.25, 0.3) is 0 Å². The van der Waals surface area contributed by atoms with Gasteiger partial charge in [-0.3, -0.25) is 0 Å². The molecule has 4 aromatic carbocycles. The number of ether oxygens (including phenoxy) is 1. The normalized spacial score (nSPS) is 11.9. The van der Waals surface area contributed by atoms with Crippen LogP contribution in [0.25, 0.3) is 43.8 Å². The summed E-state index contributed by atoms with van der Waals surface area (Å²) in [5, 5.41) is 5.31. The van der Waals surface area contributed by atoms with Gasteiger partial charge >= 0.3 is 0 Å². The molecule has 0 saturated heterocycles. The molecule has 0 unspecified atom stereocenters. The van der Waals surface area contributed by atoms with E-state index >= 15 is 0 Å². The third-order valence-electron chi connectivity index (χ3n) is 4.69. The van der Waals surface area contributed by atoms with Crippen molar-refractivity contribution in [3.63, 3.8) is 0 Å². The van der Waals surface area contributed by atoms with Crippen LogP contribution in [0.5, 0.6) is 5.75 Å². The lowest BCUT2D eigenvalue weighted by molar-refractivity contribution is 0.415. The van der Waals surface area contributed by atoms with Crippen molar-refractivity contribution in [1.82, 2.24) is 0 Å². The Balaban J connectivity index is 2.02. The zero-order chi connectivity index (χ0) is 14.7. The molecule has 0 atom stereocenters. The molecule has 0 saturated carbocycles. The maximum absolute atomic E-state index is 5.42. The van der Waals surface area contributed by atoms with Crippen molar-refractivity contribution in [2.75, 3.05) is 7.11 Å². The molecular weight excluding hydrogens is 268 g/mol. The zero-order valence-corrected chi connectivity index (χ0v) is 12.3. The Bertz CT molecular complexity index is 1060. The number of fused-ring (bicyclic) bond motifs is 5. The fourth-order valence-electron chi connectivity index (χ4n) is 3.71. The van der Waals surface area contributed by atoms with Crippen LogP contribution in [0, 0.1) is 0 Å². The van der Waals surface area contributed by atoms with Gasteiger partial charge in [-0.2, -0.15) is 0 Å². The van der Waals surface area contributed by atoms with Crippen LogP contribution in [0.15, 0.2) is 66.7 Å². The number of hydrogen-bond acceptors (Lipinski definition) is 1. The molecule has 0 spiro atoms. The molecule has 1 heteroatoms. The molecule has 22 heavy (non-hydrogen) atoms. The summed E-state index contributed by atoms with van der Waals surface area (Å²) < 4.78 is 5.42. The largest absolute Gasteiger partial charge is 0.497 e. The minimum Gasteiger partial charge on any atom is -0.497 e. The highest BCUT2D eigenvalue weighted by Crippen LogP contribution is 2.50. The van der Waals surface area contributed by atoms with Crippen LogP contribution in [0.3, 0.4) is 0 Å². The van der Waals surface area contributed by atoms with E-state index in [1.807, 2.05) is 6.07 Å². The summed E-state index contributed by atoms with van der Waals surface area (Å²) in [4.78, 5) is 0. The second-order valence-electron chi connectivity index (χ2n) is 5.78. The Hall–Kier alpha value is -2.80. The summed E-state index contributed by atoms with van der Waals surface area (Å²) in [6, 6.07) is 23.9. The van der Waals surface area contributed by atoms with E-state index in [9.17, 15) is 0 Å². The lowest BCUT2D eigenvalue weighted by Crippen LogP contribution is -1.84. The molecule has 0 fully saturated rings. The first-order valence-electron chi connectivity index (χ1n) is 7.50. The lowest BCUT2D eigenvalue weighted by atomic mass is 9.96. The molecule has 4 aromatic rings. The predicted octanol–water partition coefficient (Wildman–Crippen LogP) is 5.65. The van der Waals surface area contributed by atoms with Gasteiger partial charge in [0, 0.05) is 0 Å². The molecule has 1 aliphatic rings. The molecule has 0 amide bonds. The fraction of sp³-hybridized carbons (Fsp3) is 0.0476. The third-order valence-corrected chi connectivity index (χ3v) is 4.69. The summed E-state index contributed by atoms with van der Waals surface area (Å²) >= 11 is 0. The van der Waals surface area contributed by atoms with Gasteiger partial charge in [0.05, 0.1) is 7.11 Å². The molecule has 0 aromatic heterocycles. The van der Waals surface area contributed by atoms with Crippen molar-refractivity contribution >= 4 is 21.5 Å². The minimum absolute atomic E-state index is 0.910. The molecule has 0 radical (unpaired) electrons. The Morgan fingerprint density at radius 3 is 2.41 bits per heavy atom. The van der Waals surface area contributed by atoms with Crippen LogP contribution in [-0.2, 0) is 0 Å². The Morgan fingerprint density at radius 2 is 1.50 bits per heavy atom. The topological polar surface area (TPSA) is 9.23 Å². The fourth-order valence-corrected chi connectivity index (χ4v) is 3.71. The van der Waals surface area contributed by atoms with E-state index in [2.05, 4.69) is 60.7 Å². The molecule has 5 rings (SSSR count). The van der Waals surface area contributed by atoms with E-state index in [-0.39, 0.29) is 0 Å². The average molecular weight is 282 g/mol. The van der Waals surface area contributed by atoms with Crippen molar-refractivity contribution in [2.45, 2.75) is 0 Å². The zero-order valence-electron chi connectivity index (χ0n) is 12.3. The van der Waals surface area contributed by atoms with Crippen molar-refractivity contribution in [2.24, 2.45) is 0 Å². The van der Waals surface area contributed by atoms with Crippen molar-refractivity contribution in [1.29, 1.82) is 0 Å². The maximum Gasteiger partial charge on any atom is 0.119 e. The number of benzene rings is 4. The number of methoxy groups -OCH3 is 1. The van der Waals surface area contributed by atoms with E-state index in [0.29, 0.717) is 0 Å². The van der Waals surface area contributed by atoms with Crippen LogP contribution in [0.4, 0.5) is 0 Å². The van der Waals surface area contributed by atoms with Gasteiger partial charge in [0.1, 0.15) is 5.75 Å². The van der Waals surface area contributed by atoms with Gasteiger partial charge in [-0.25, -0.2) is 0 Å². The van der Waals surface area contributed by atoms with Crippen molar-refractivity contribution in [3.05, 3.63) is 66.7 Å². The summed E-state index contributed by atoms with van der Waals surface area (Å²) in [7, 11) is 1.72. The predicted molar refractivity (Wildman–Crippen MR) is 92.4 cm³/mol. The highest BCUT2D eigenvalue weighted by molar-refractivity contribution is 6.23. The summed E-state index contributed by atoms with van der Waals surface area (Å²) in [6.45, 7) is 0. The van der Waals surface area contributed by atoms with E-state index in [4.69, 9.17) is 4.74 Å². The van der Waals surface area contributed by atoms with Gasteiger partial charge < -0.3 is 4.74 Å². The molecule has 1 nitrogen and oxygen atoms in total. The monoisotopic (exact) mass is 282 g/mol. The molecule has 104 valence electrons. The van der Waals surface area contributed by atoms with Gasteiger partial charge in [0.2, 0.25) is 0 Å². The summed E-state index contributed by atoms with van der Waals surface area (Å²) in [5.74, 6) is 0.910. The quantitative estimate of drug-likeness (QED) is 0.361. The van der Waals surface area contributed by atoms with Crippen LogP contribution in [-0.4, -0.2) is 7.11 Å². The van der Waals surface area contributed by atoms with Crippen molar-refractivity contribution < 1.29 is 4.74 Å². The van der Waals surface area contributed by atoms with Crippen LogP contribution < -0.4 is 4.74 Å². The first-order valence-corrected chi connectivity index (χ1v) is 7.50. The molecule has 0 bridgehead atoms. The SMILES string of the molecule is COc1ccc2c(c1)-c1cc3ccccc3c3cccc-2c13. The summed E-state index contributed by atoms with van der Waals surface area (Å²) in [5.41, 5.74) is 5.22. The van der Waals surface area contributed by atoms with E-state index in [1.54, 1.807) is 7.11 Å². The third kappa shape index (κ3) is 1.38. The van der Waals surface area contributed by atoms with Gasteiger partial charge in [-0.05, 0) is 62.0 Å². The first kappa shape index (κ1) is 11.8. The smallest absolute Gasteiger partial charge is 0.119 e. The standard InChI is InChI=1S/C21H14O/c1-22-14-9-10-16-18-8-4-7-17-15-6-3-2-5-13(15)11-20(21(17)18)19(16)12-14/h2-12H,1H3. The first-order chi connectivity index (χ1) is 10.9. The average Bonchev–Trinajstić information content (AvgIpc) is 2.90. The highest BCUT2D eigenvalue weighted by Gasteiger charge is 2.22. The maximum atomic E-state index is 5.42. The molecule has 0 heterocycles. The molecule has 0 N–H and O–H groups in total. The Kier molecular flexibility index (Phi) is 2.21. The number of rotatable bonds is 1. The van der Waals surface area contributed by atoms with Gasteiger partial charge in [0.15, 0.2) is 0 Å². The minimum atomic E-state index is 0.910. The second-order valence-corrected chi connectivity index (χ2v) is 5.78. The van der Waals surface area contributed by atoms with Crippen LogP contribution in [0.1, 0.15) is 0 Å². The second kappa shape index (κ2) is 4.11. The Morgan fingerprint density at radius 1 is 0.636 bits per heavy atom. The molecule has 1 aliphatic carbocycles. The number of hydrogen-bond donors (Lipinski definition) is 0. The van der Waals surface area contributed by atoms with Crippen LogP contribution >= 0.6 is 0 Å². The Labute approximate surface area is 128 Å². The van der Waals surface area contributed by atoms with Crippen LogP contribution in [0.2, 0.25) is 0 Å². The van der Waals surface area contributed by atoms with E-state index in [0.717, 1.165) is 5.75 Å².